The second kappa shape index (κ2) is 5.25. The normalized spacial score (nSPS) is 11.4. The molecule has 0 unspecified atom stereocenters. The summed E-state index contributed by atoms with van der Waals surface area (Å²) in [7, 11) is 0. The summed E-state index contributed by atoms with van der Waals surface area (Å²) in [5.41, 5.74) is -0.305. The van der Waals surface area contributed by atoms with Crippen LogP contribution in [0.1, 0.15) is 46.1 Å². The fourth-order valence-electron chi connectivity index (χ4n) is 1.40. The second-order valence-electron chi connectivity index (χ2n) is 4.97. The molecule has 4 nitrogen and oxygen atoms in total. The van der Waals surface area contributed by atoms with Crippen LogP contribution < -0.4 is 10.1 Å². The zero-order valence-electron chi connectivity index (χ0n) is 11.2. The van der Waals surface area contributed by atoms with Gasteiger partial charge in [0.15, 0.2) is 5.75 Å². The number of rotatable bonds is 3. The van der Waals surface area contributed by atoms with Crippen LogP contribution in [-0.2, 0) is 12.8 Å². The average Bonchev–Trinajstić information content (AvgIpc) is 2.57. The van der Waals surface area contributed by atoms with Gasteiger partial charge in [-0.1, -0.05) is 13.8 Å². The molecule has 0 atom stereocenters. The largest absolute Gasteiger partial charge is 0.462 e. The molecular formula is C13H21NO3. The quantitative estimate of drug-likeness (QED) is 0.880. The number of hydrogen-bond acceptors (Lipinski definition) is 3. The van der Waals surface area contributed by atoms with E-state index in [-0.39, 0.29) is 5.54 Å². The molecule has 0 spiro atoms. The highest BCUT2D eigenvalue weighted by molar-refractivity contribution is 5.71. The van der Waals surface area contributed by atoms with E-state index in [9.17, 15) is 4.79 Å². The Bertz CT molecular complexity index is 388. The molecule has 0 aromatic carbocycles. The summed E-state index contributed by atoms with van der Waals surface area (Å²) >= 11 is 0. The first-order valence-electron chi connectivity index (χ1n) is 5.97. The van der Waals surface area contributed by atoms with Gasteiger partial charge in [0.1, 0.15) is 11.5 Å². The summed E-state index contributed by atoms with van der Waals surface area (Å²) in [5.74, 6) is 2.07. The van der Waals surface area contributed by atoms with E-state index in [1.54, 1.807) is 6.07 Å². The molecular weight excluding hydrogens is 218 g/mol. The Morgan fingerprint density at radius 2 is 2.00 bits per heavy atom. The van der Waals surface area contributed by atoms with Gasteiger partial charge < -0.3 is 14.5 Å². The molecule has 17 heavy (non-hydrogen) atoms. The van der Waals surface area contributed by atoms with E-state index in [0.29, 0.717) is 17.9 Å². The fourth-order valence-corrected chi connectivity index (χ4v) is 1.40. The maximum atomic E-state index is 11.6. The number of furan rings is 1. The monoisotopic (exact) mass is 239 g/mol. The highest BCUT2D eigenvalue weighted by Crippen LogP contribution is 2.24. The van der Waals surface area contributed by atoms with Crippen LogP contribution in [0.3, 0.4) is 0 Å². The lowest BCUT2D eigenvalue weighted by Gasteiger charge is -2.19. The number of hydrogen-bond donors (Lipinski definition) is 1. The lowest BCUT2D eigenvalue weighted by molar-refractivity contribution is 0.189. The summed E-state index contributed by atoms with van der Waals surface area (Å²) in [4.78, 5) is 11.6. The molecule has 1 amide bonds. The highest BCUT2D eigenvalue weighted by atomic mass is 16.6. The van der Waals surface area contributed by atoms with E-state index in [2.05, 4.69) is 5.32 Å². The smallest absolute Gasteiger partial charge is 0.413 e. The molecule has 1 heterocycles. The minimum Gasteiger partial charge on any atom is -0.462 e. The van der Waals surface area contributed by atoms with Gasteiger partial charge in [-0.3, -0.25) is 0 Å². The lowest BCUT2D eigenvalue weighted by Crippen LogP contribution is -2.42. The molecule has 0 bridgehead atoms. The summed E-state index contributed by atoms with van der Waals surface area (Å²) in [6.45, 7) is 9.68. The zero-order valence-corrected chi connectivity index (χ0v) is 11.2. The van der Waals surface area contributed by atoms with Gasteiger partial charge in [0.25, 0.3) is 0 Å². The van der Waals surface area contributed by atoms with E-state index in [1.165, 1.54) is 0 Å². The van der Waals surface area contributed by atoms with Gasteiger partial charge in [0.05, 0.1) is 0 Å². The maximum absolute atomic E-state index is 11.6. The van der Waals surface area contributed by atoms with Gasteiger partial charge in [-0.2, -0.15) is 0 Å². The molecule has 0 fully saturated rings. The molecule has 1 rings (SSSR count). The molecule has 0 aliphatic heterocycles. The van der Waals surface area contributed by atoms with Crippen molar-refractivity contribution in [3.8, 4) is 5.75 Å². The first-order valence-corrected chi connectivity index (χ1v) is 5.97. The maximum Gasteiger partial charge on any atom is 0.413 e. The van der Waals surface area contributed by atoms with Crippen molar-refractivity contribution in [2.45, 2.75) is 53.0 Å². The Morgan fingerprint density at radius 3 is 2.47 bits per heavy atom. The molecule has 96 valence electrons. The molecule has 0 radical (unpaired) electrons. The third-order valence-corrected chi connectivity index (χ3v) is 2.17. The van der Waals surface area contributed by atoms with E-state index >= 15 is 0 Å². The number of carbonyl (C=O) groups is 1. The van der Waals surface area contributed by atoms with E-state index in [0.717, 1.165) is 12.2 Å². The first-order chi connectivity index (χ1) is 7.85. The third-order valence-electron chi connectivity index (χ3n) is 2.17. The van der Waals surface area contributed by atoms with Gasteiger partial charge in [0, 0.05) is 24.4 Å². The SMILES string of the molecule is CCc1cc(OC(=O)NC(C)(C)C)c(CC)o1. The van der Waals surface area contributed by atoms with E-state index in [4.69, 9.17) is 9.15 Å². The Kier molecular flexibility index (Phi) is 4.21. The van der Waals surface area contributed by atoms with Crippen LogP contribution in [-0.4, -0.2) is 11.6 Å². The van der Waals surface area contributed by atoms with Crippen LogP contribution in [0.25, 0.3) is 0 Å². The summed E-state index contributed by atoms with van der Waals surface area (Å²) in [6, 6.07) is 1.78. The van der Waals surface area contributed by atoms with Crippen LogP contribution >= 0.6 is 0 Å². The molecule has 0 aliphatic carbocycles. The fraction of sp³-hybridized carbons (Fsp3) is 0.615. The lowest BCUT2D eigenvalue weighted by atomic mass is 10.1. The molecule has 0 saturated heterocycles. The Labute approximate surface area is 102 Å². The van der Waals surface area contributed by atoms with Crippen LogP contribution in [0, 0.1) is 0 Å². The van der Waals surface area contributed by atoms with E-state index < -0.39 is 6.09 Å². The van der Waals surface area contributed by atoms with Crippen LogP contribution in [0.15, 0.2) is 10.5 Å². The van der Waals surface area contributed by atoms with Crippen molar-refractivity contribution in [2.24, 2.45) is 0 Å². The van der Waals surface area contributed by atoms with Crippen molar-refractivity contribution in [2.75, 3.05) is 0 Å². The number of amides is 1. The third kappa shape index (κ3) is 4.13. The van der Waals surface area contributed by atoms with Crippen molar-refractivity contribution in [1.82, 2.24) is 5.32 Å². The van der Waals surface area contributed by atoms with Gasteiger partial charge in [-0.25, -0.2) is 4.79 Å². The zero-order chi connectivity index (χ0) is 13.1. The van der Waals surface area contributed by atoms with Gasteiger partial charge >= 0.3 is 6.09 Å². The molecule has 1 N–H and O–H groups in total. The molecule has 0 aliphatic rings. The van der Waals surface area contributed by atoms with E-state index in [1.807, 2.05) is 34.6 Å². The van der Waals surface area contributed by atoms with Gasteiger partial charge in [-0.05, 0) is 20.8 Å². The summed E-state index contributed by atoms with van der Waals surface area (Å²) in [5, 5.41) is 2.74. The van der Waals surface area contributed by atoms with Gasteiger partial charge in [0.2, 0.25) is 0 Å². The number of carbonyl (C=O) groups excluding carboxylic acids is 1. The van der Waals surface area contributed by atoms with Crippen molar-refractivity contribution < 1.29 is 13.9 Å². The minimum atomic E-state index is -0.448. The Morgan fingerprint density at radius 1 is 1.35 bits per heavy atom. The van der Waals surface area contributed by atoms with Crippen molar-refractivity contribution in [1.29, 1.82) is 0 Å². The summed E-state index contributed by atoms with van der Waals surface area (Å²) < 4.78 is 10.8. The van der Waals surface area contributed by atoms with Crippen molar-refractivity contribution in [3.05, 3.63) is 17.6 Å². The van der Waals surface area contributed by atoms with Crippen LogP contribution in [0.2, 0.25) is 0 Å². The first kappa shape index (κ1) is 13.6. The topological polar surface area (TPSA) is 51.5 Å². The van der Waals surface area contributed by atoms with Crippen molar-refractivity contribution in [3.63, 3.8) is 0 Å². The second-order valence-corrected chi connectivity index (χ2v) is 4.97. The molecule has 0 saturated carbocycles. The minimum absolute atomic E-state index is 0.305. The molecule has 1 aromatic rings. The predicted octanol–water partition coefficient (Wildman–Crippen LogP) is 3.29. The Balaban J connectivity index is 2.73. The Hall–Kier alpha value is -1.45. The van der Waals surface area contributed by atoms with Crippen LogP contribution in [0.5, 0.6) is 5.75 Å². The number of ether oxygens (including phenoxy) is 1. The average molecular weight is 239 g/mol. The predicted molar refractivity (Wildman–Crippen MR) is 66.4 cm³/mol. The number of nitrogens with one attached hydrogen (secondary N) is 1. The highest BCUT2D eigenvalue weighted by Gasteiger charge is 2.18. The standard InChI is InChI=1S/C13H21NO3/c1-6-9-8-11(10(7-2)16-9)17-12(15)14-13(3,4)5/h8H,6-7H2,1-5H3,(H,14,15). The van der Waals surface area contributed by atoms with Gasteiger partial charge in [-0.15, -0.1) is 0 Å². The molecule has 1 aromatic heterocycles. The number of aryl methyl sites for hydroxylation is 2. The molecule has 4 heteroatoms. The van der Waals surface area contributed by atoms with Crippen LogP contribution in [0.4, 0.5) is 4.79 Å². The summed E-state index contributed by atoms with van der Waals surface area (Å²) in [6.07, 6.45) is 1.05. The van der Waals surface area contributed by atoms with Crippen molar-refractivity contribution >= 4 is 6.09 Å².